The Labute approximate surface area is 126 Å². The molecular formula is C17H15NO4. The standard InChI is InChI=1S/C17H15NO4/c1-21-14-6-2-11(3-7-14)10-18-15-8-12-4-5-13(19)9-16(12)22-17(15)20/h2-9,18-19H,10H2,1H3. The van der Waals surface area contributed by atoms with Gasteiger partial charge in [0.1, 0.15) is 22.8 Å². The number of phenolic OH excluding ortho intramolecular Hbond substituents is 1. The van der Waals surface area contributed by atoms with E-state index in [4.69, 9.17) is 9.15 Å². The number of hydrogen-bond acceptors (Lipinski definition) is 5. The predicted octanol–water partition coefficient (Wildman–Crippen LogP) is 3.12. The summed E-state index contributed by atoms with van der Waals surface area (Å²) in [6, 6.07) is 14.0. The Kier molecular flexibility index (Phi) is 3.70. The molecule has 3 aromatic rings. The van der Waals surface area contributed by atoms with Gasteiger partial charge in [0, 0.05) is 18.0 Å². The summed E-state index contributed by atoms with van der Waals surface area (Å²) in [5, 5.41) is 13.2. The molecule has 112 valence electrons. The van der Waals surface area contributed by atoms with E-state index < -0.39 is 5.63 Å². The van der Waals surface area contributed by atoms with Crippen molar-refractivity contribution in [3.05, 3.63) is 64.5 Å². The lowest BCUT2D eigenvalue weighted by Crippen LogP contribution is -2.10. The van der Waals surface area contributed by atoms with Crippen molar-refractivity contribution in [2.24, 2.45) is 0 Å². The van der Waals surface area contributed by atoms with Gasteiger partial charge in [-0.15, -0.1) is 0 Å². The number of ether oxygens (including phenoxy) is 1. The molecule has 2 aromatic carbocycles. The highest BCUT2D eigenvalue weighted by atomic mass is 16.5. The molecule has 3 rings (SSSR count). The van der Waals surface area contributed by atoms with Gasteiger partial charge in [-0.25, -0.2) is 4.79 Å². The molecule has 0 fully saturated rings. The average Bonchev–Trinajstić information content (AvgIpc) is 2.53. The van der Waals surface area contributed by atoms with E-state index in [0.29, 0.717) is 17.8 Å². The van der Waals surface area contributed by atoms with Crippen LogP contribution >= 0.6 is 0 Å². The van der Waals surface area contributed by atoms with Crippen molar-refractivity contribution < 1.29 is 14.3 Å². The SMILES string of the molecule is COc1ccc(CNc2cc3ccc(O)cc3oc2=O)cc1. The molecule has 22 heavy (non-hydrogen) atoms. The van der Waals surface area contributed by atoms with Crippen LogP contribution in [-0.4, -0.2) is 12.2 Å². The molecule has 0 spiro atoms. The zero-order valence-electron chi connectivity index (χ0n) is 12.0. The van der Waals surface area contributed by atoms with Gasteiger partial charge in [-0.05, 0) is 35.9 Å². The van der Waals surface area contributed by atoms with Crippen molar-refractivity contribution in [2.75, 3.05) is 12.4 Å². The first-order valence-electron chi connectivity index (χ1n) is 6.79. The topological polar surface area (TPSA) is 71.7 Å². The molecule has 0 aliphatic rings. The molecule has 1 aromatic heterocycles. The van der Waals surface area contributed by atoms with Gasteiger partial charge in [0.2, 0.25) is 0 Å². The number of aromatic hydroxyl groups is 1. The Morgan fingerprint density at radius 3 is 2.64 bits per heavy atom. The van der Waals surface area contributed by atoms with Gasteiger partial charge in [-0.3, -0.25) is 0 Å². The van der Waals surface area contributed by atoms with Gasteiger partial charge >= 0.3 is 5.63 Å². The van der Waals surface area contributed by atoms with Crippen LogP contribution in [0.25, 0.3) is 11.0 Å². The molecule has 1 heterocycles. The minimum absolute atomic E-state index is 0.0644. The Balaban J connectivity index is 1.82. The third-order valence-electron chi connectivity index (χ3n) is 3.36. The van der Waals surface area contributed by atoms with Crippen LogP contribution in [0, 0.1) is 0 Å². The molecule has 0 radical (unpaired) electrons. The normalized spacial score (nSPS) is 10.6. The van der Waals surface area contributed by atoms with Crippen molar-refractivity contribution in [2.45, 2.75) is 6.54 Å². The third-order valence-corrected chi connectivity index (χ3v) is 3.36. The summed E-state index contributed by atoms with van der Waals surface area (Å²) in [6.45, 7) is 0.498. The predicted molar refractivity (Wildman–Crippen MR) is 84.5 cm³/mol. The molecule has 2 N–H and O–H groups in total. The Hall–Kier alpha value is -2.95. The summed E-state index contributed by atoms with van der Waals surface area (Å²) in [7, 11) is 1.62. The molecule has 0 aliphatic carbocycles. The Morgan fingerprint density at radius 1 is 1.14 bits per heavy atom. The molecule has 0 atom stereocenters. The van der Waals surface area contributed by atoms with E-state index in [1.807, 2.05) is 24.3 Å². The maximum absolute atomic E-state index is 11.9. The van der Waals surface area contributed by atoms with Crippen LogP contribution < -0.4 is 15.7 Å². The lowest BCUT2D eigenvalue weighted by atomic mass is 10.2. The van der Waals surface area contributed by atoms with E-state index in [-0.39, 0.29) is 5.75 Å². The maximum Gasteiger partial charge on any atom is 0.359 e. The van der Waals surface area contributed by atoms with Crippen LogP contribution in [0.2, 0.25) is 0 Å². The number of fused-ring (bicyclic) bond motifs is 1. The molecule has 0 unspecified atom stereocenters. The summed E-state index contributed by atoms with van der Waals surface area (Å²) in [4.78, 5) is 11.9. The van der Waals surface area contributed by atoms with E-state index in [1.54, 1.807) is 25.3 Å². The largest absolute Gasteiger partial charge is 0.508 e. The van der Waals surface area contributed by atoms with E-state index >= 15 is 0 Å². The van der Waals surface area contributed by atoms with Gasteiger partial charge in [0.05, 0.1) is 7.11 Å². The van der Waals surface area contributed by atoms with Crippen LogP contribution in [0.4, 0.5) is 5.69 Å². The molecule has 5 nitrogen and oxygen atoms in total. The maximum atomic E-state index is 11.9. The molecule has 0 amide bonds. The summed E-state index contributed by atoms with van der Waals surface area (Å²) in [6.07, 6.45) is 0. The second-order valence-corrected chi connectivity index (χ2v) is 4.87. The monoisotopic (exact) mass is 297 g/mol. The van der Waals surface area contributed by atoms with Crippen molar-refractivity contribution in [1.29, 1.82) is 0 Å². The summed E-state index contributed by atoms with van der Waals surface area (Å²) >= 11 is 0. The van der Waals surface area contributed by atoms with Gasteiger partial charge < -0.3 is 19.6 Å². The molecule has 0 aliphatic heterocycles. The third kappa shape index (κ3) is 2.88. The van der Waals surface area contributed by atoms with E-state index in [1.165, 1.54) is 6.07 Å². The zero-order chi connectivity index (χ0) is 15.5. The highest BCUT2D eigenvalue weighted by molar-refractivity contribution is 5.80. The lowest BCUT2D eigenvalue weighted by Gasteiger charge is -2.07. The van der Waals surface area contributed by atoms with Crippen LogP contribution in [0.3, 0.4) is 0 Å². The smallest absolute Gasteiger partial charge is 0.359 e. The number of methoxy groups -OCH3 is 1. The number of benzene rings is 2. The quantitative estimate of drug-likeness (QED) is 0.724. The Morgan fingerprint density at radius 2 is 1.91 bits per heavy atom. The van der Waals surface area contributed by atoms with Gasteiger partial charge in [0.15, 0.2) is 0 Å². The van der Waals surface area contributed by atoms with Gasteiger partial charge in [0.25, 0.3) is 0 Å². The highest BCUT2D eigenvalue weighted by Gasteiger charge is 2.06. The Bertz CT molecular complexity index is 853. The number of anilines is 1. The van der Waals surface area contributed by atoms with Crippen LogP contribution in [-0.2, 0) is 6.54 Å². The number of phenols is 1. The number of rotatable bonds is 4. The van der Waals surface area contributed by atoms with Crippen LogP contribution in [0.5, 0.6) is 11.5 Å². The minimum Gasteiger partial charge on any atom is -0.508 e. The fraction of sp³-hybridized carbons (Fsp3) is 0.118. The number of hydrogen-bond donors (Lipinski definition) is 2. The first kappa shape index (κ1) is 14.0. The van der Waals surface area contributed by atoms with E-state index in [0.717, 1.165) is 16.7 Å². The lowest BCUT2D eigenvalue weighted by molar-refractivity contribution is 0.414. The summed E-state index contributed by atoms with van der Waals surface area (Å²) < 4.78 is 10.3. The summed E-state index contributed by atoms with van der Waals surface area (Å²) in [5.74, 6) is 0.850. The van der Waals surface area contributed by atoms with Gasteiger partial charge in [-0.2, -0.15) is 0 Å². The first-order valence-corrected chi connectivity index (χ1v) is 6.79. The zero-order valence-corrected chi connectivity index (χ0v) is 12.0. The molecule has 0 bridgehead atoms. The fourth-order valence-corrected chi connectivity index (χ4v) is 2.16. The van der Waals surface area contributed by atoms with Crippen molar-refractivity contribution in [3.8, 4) is 11.5 Å². The molecule has 5 heteroatoms. The van der Waals surface area contributed by atoms with Crippen LogP contribution in [0.15, 0.2) is 57.7 Å². The fourth-order valence-electron chi connectivity index (χ4n) is 2.16. The van der Waals surface area contributed by atoms with Gasteiger partial charge in [-0.1, -0.05) is 12.1 Å². The van der Waals surface area contributed by atoms with E-state index in [2.05, 4.69) is 5.32 Å². The number of nitrogens with one attached hydrogen (secondary N) is 1. The molecule has 0 saturated heterocycles. The van der Waals surface area contributed by atoms with Crippen molar-refractivity contribution in [3.63, 3.8) is 0 Å². The molecular weight excluding hydrogens is 282 g/mol. The second-order valence-electron chi connectivity index (χ2n) is 4.87. The summed E-state index contributed by atoms with van der Waals surface area (Å²) in [5.41, 5.74) is 1.30. The first-order chi connectivity index (χ1) is 10.7. The second kappa shape index (κ2) is 5.81. The molecule has 0 saturated carbocycles. The highest BCUT2D eigenvalue weighted by Crippen LogP contribution is 2.21. The average molecular weight is 297 g/mol. The van der Waals surface area contributed by atoms with Crippen molar-refractivity contribution in [1.82, 2.24) is 0 Å². The van der Waals surface area contributed by atoms with E-state index in [9.17, 15) is 9.90 Å². The minimum atomic E-state index is -0.466. The van der Waals surface area contributed by atoms with Crippen molar-refractivity contribution >= 4 is 16.7 Å². The van der Waals surface area contributed by atoms with Crippen LogP contribution in [0.1, 0.15) is 5.56 Å².